The molecule has 10 heavy (non-hydrogen) atoms. The normalized spacial score (nSPS) is 16.0. The molecule has 0 aliphatic rings. The number of hydrogen-bond acceptors (Lipinski definition) is 4. The van der Waals surface area contributed by atoms with Gasteiger partial charge in [0.2, 0.25) is 0 Å². The fraction of sp³-hybridized carbons (Fsp3) is 0.833. The molecule has 0 amide bonds. The molecule has 0 fully saturated rings. The molecule has 4 nitrogen and oxygen atoms in total. The molecule has 0 saturated heterocycles. The summed E-state index contributed by atoms with van der Waals surface area (Å²) in [4.78, 5) is 10.3. The Bertz CT molecular complexity index is 112. The zero-order valence-corrected chi connectivity index (χ0v) is 6.33. The summed E-state index contributed by atoms with van der Waals surface area (Å²) in [5, 5.41) is 8.88. The van der Waals surface area contributed by atoms with E-state index in [-0.39, 0.29) is 0 Å². The van der Waals surface area contributed by atoms with Crippen LogP contribution in [-0.4, -0.2) is 30.6 Å². The number of esters is 1. The Labute approximate surface area is 59.7 Å². The maximum absolute atomic E-state index is 10.3. The van der Waals surface area contributed by atoms with Crippen LogP contribution < -0.4 is 0 Å². The predicted molar refractivity (Wildman–Crippen MR) is 34.2 cm³/mol. The highest BCUT2D eigenvalue weighted by Crippen LogP contribution is 1.98. The van der Waals surface area contributed by atoms with Crippen LogP contribution in [0.25, 0.3) is 0 Å². The van der Waals surface area contributed by atoms with E-state index in [0.29, 0.717) is 0 Å². The van der Waals surface area contributed by atoms with Gasteiger partial charge < -0.3 is 14.6 Å². The number of carbonyl (C=O) groups excluding carboxylic acids is 1. The lowest BCUT2D eigenvalue weighted by Gasteiger charge is -2.16. The molecular weight excluding hydrogens is 136 g/mol. The third kappa shape index (κ3) is 3.42. The van der Waals surface area contributed by atoms with E-state index in [9.17, 15) is 4.79 Å². The van der Waals surface area contributed by atoms with Crippen LogP contribution in [0.15, 0.2) is 0 Å². The molecule has 0 saturated carbocycles. The van der Waals surface area contributed by atoms with E-state index >= 15 is 0 Å². The van der Waals surface area contributed by atoms with Crippen molar-refractivity contribution in [3.05, 3.63) is 0 Å². The first-order chi connectivity index (χ1) is 4.57. The zero-order chi connectivity index (χ0) is 8.15. The Hall–Kier alpha value is -0.610. The largest absolute Gasteiger partial charge is 0.457 e. The second kappa shape index (κ2) is 4.24. The number of methoxy groups -OCH3 is 1. The van der Waals surface area contributed by atoms with E-state index in [2.05, 4.69) is 9.47 Å². The third-order valence-electron chi connectivity index (χ3n) is 0.995. The Balaban J connectivity index is 3.61. The van der Waals surface area contributed by atoms with Crippen LogP contribution in [0, 0.1) is 0 Å². The van der Waals surface area contributed by atoms with Crippen molar-refractivity contribution in [2.45, 2.75) is 26.2 Å². The van der Waals surface area contributed by atoms with Crippen LogP contribution in [0.4, 0.5) is 0 Å². The van der Waals surface area contributed by atoms with Gasteiger partial charge in [-0.1, -0.05) is 0 Å². The SMILES string of the molecule is COC(O)C(C)OC(C)=O. The first-order valence-electron chi connectivity index (χ1n) is 2.96. The Kier molecular flexibility index (Phi) is 3.99. The zero-order valence-electron chi connectivity index (χ0n) is 6.33. The summed E-state index contributed by atoms with van der Waals surface area (Å²) < 4.78 is 9.08. The maximum Gasteiger partial charge on any atom is 0.303 e. The van der Waals surface area contributed by atoms with Gasteiger partial charge in [0, 0.05) is 14.0 Å². The summed E-state index contributed by atoms with van der Waals surface area (Å²) in [6, 6.07) is 0. The van der Waals surface area contributed by atoms with E-state index in [1.54, 1.807) is 6.92 Å². The fourth-order valence-corrected chi connectivity index (χ4v) is 0.512. The monoisotopic (exact) mass is 148 g/mol. The number of ether oxygens (including phenoxy) is 2. The lowest BCUT2D eigenvalue weighted by atomic mass is 10.4. The number of hydrogen-bond donors (Lipinski definition) is 1. The van der Waals surface area contributed by atoms with Gasteiger partial charge in [0.05, 0.1) is 0 Å². The Morgan fingerprint density at radius 1 is 1.60 bits per heavy atom. The van der Waals surface area contributed by atoms with Crippen molar-refractivity contribution in [3.63, 3.8) is 0 Å². The molecule has 0 bridgehead atoms. The van der Waals surface area contributed by atoms with Crippen LogP contribution in [-0.2, 0) is 14.3 Å². The summed E-state index contributed by atoms with van der Waals surface area (Å²) in [7, 11) is 1.34. The van der Waals surface area contributed by atoms with Gasteiger partial charge in [-0.2, -0.15) is 0 Å². The van der Waals surface area contributed by atoms with Gasteiger partial charge in [0.1, 0.15) is 6.10 Å². The van der Waals surface area contributed by atoms with E-state index in [1.165, 1.54) is 14.0 Å². The smallest absolute Gasteiger partial charge is 0.303 e. The summed E-state index contributed by atoms with van der Waals surface area (Å²) in [6.07, 6.45) is -1.65. The highest BCUT2D eigenvalue weighted by molar-refractivity contribution is 5.66. The van der Waals surface area contributed by atoms with Gasteiger partial charge in [-0.25, -0.2) is 0 Å². The lowest BCUT2D eigenvalue weighted by molar-refractivity contribution is -0.176. The standard InChI is InChI=1S/C6H12O4/c1-4(6(8)9-3)10-5(2)7/h4,6,8H,1-3H3. The number of aliphatic hydroxyl groups is 1. The summed E-state index contributed by atoms with van der Waals surface area (Å²) in [5.41, 5.74) is 0. The number of carbonyl (C=O) groups is 1. The molecule has 0 aromatic heterocycles. The van der Waals surface area contributed by atoms with Crippen molar-refractivity contribution in [1.82, 2.24) is 0 Å². The Morgan fingerprint density at radius 3 is 2.40 bits per heavy atom. The minimum absolute atomic E-state index is 0.427. The molecule has 2 atom stereocenters. The maximum atomic E-state index is 10.3. The molecule has 2 unspecified atom stereocenters. The van der Waals surface area contributed by atoms with Crippen molar-refractivity contribution in [3.8, 4) is 0 Å². The topological polar surface area (TPSA) is 55.8 Å². The van der Waals surface area contributed by atoms with Crippen molar-refractivity contribution < 1.29 is 19.4 Å². The average molecular weight is 148 g/mol. The van der Waals surface area contributed by atoms with Crippen LogP contribution in [0.2, 0.25) is 0 Å². The molecule has 0 aliphatic heterocycles. The molecule has 0 aliphatic carbocycles. The molecule has 0 spiro atoms. The minimum Gasteiger partial charge on any atom is -0.457 e. The van der Waals surface area contributed by atoms with Crippen LogP contribution >= 0.6 is 0 Å². The highest BCUT2D eigenvalue weighted by Gasteiger charge is 2.14. The quantitative estimate of drug-likeness (QED) is 0.448. The van der Waals surface area contributed by atoms with Gasteiger partial charge >= 0.3 is 5.97 Å². The van der Waals surface area contributed by atoms with Crippen molar-refractivity contribution in [2.24, 2.45) is 0 Å². The second-order valence-electron chi connectivity index (χ2n) is 1.94. The van der Waals surface area contributed by atoms with E-state index in [4.69, 9.17) is 5.11 Å². The van der Waals surface area contributed by atoms with Crippen LogP contribution in [0.3, 0.4) is 0 Å². The van der Waals surface area contributed by atoms with Crippen molar-refractivity contribution in [2.75, 3.05) is 7.11 Å². The van der Waals surface area contributed by atoms with E-state index in [1.807, 2.05) is 0 Å². The molecule has 0 radical (unpaired) electrons. The molecule has 4 heteroatoms. The molecule has 0 aromatic carbocycles. The number of rotatable bonds is 3. The van der Waals surface area contributed by atoms with Gasteiger partial charge in [-0.05, 0) is 6.92 Å². The van der Waals surface area contributed by atoms with Gasteiger partial charge in [-0.3, -0.25) is 4.79 Å². The predicted octanol–water partition coefficient (Wildman–Crippen LogP) is -0.0972. The first kappa shape index (κ1) is 9.39. The molecule has 1 N–H and O–H groups in total. The minimum atomic E-state index is -1.04. The van der Waals surface area contributed by atoms with E-state index < -0.39 is 18.4 Å². The summed E-state index contributed by atoms with van der Waals surface area (Å²) in [5.74, 6) is -0.427. The highest BCUT2D eigenvalue weighted by atomic mass is 16.6. The van der Waals surface area contributed by atoms with Gasteiger partial charge in [0.15, 0.2) is 6.29 Å². The molecular formula is C6H12O4. The van der Waals surface area contributed by atoms with Crippen LogP contribution in [0.1, 0.15) is 13.8 Å². The van der Waals surface area contributed by atoms with Crippen LogP contribution in [0.5, 0.6) is 0 Å². The first-order valence-corrected chi connectivity index (χ1v) is 2.96. The lowest BCUT2D eigenvalue weighted by Crippen LogP contribution is -2.28. The average Bonchev–Trinajstić information content (AvgIpc) is 1.85. The summed E-state index contributed by atoms with van der Waals surface area (Å²) >= 11 is 0. The molecule has 0 rings (SSSR count). The molecule has 0 aromatic rings. The fourth-order valence-electron chi connectivity index (χ4n) is 0.512. The molecule has 60 valence electrons. The Morgan fingerprint density at radius 2 is 2.10 bits per heavy atom. The molecule has 0 heterocycles. The second-order valence-corrected chi connectivity index (χ2v) is 1.94. The summed E-state index contributed by atoms with van der Waals surface area (Å²) in [6.45, 7) is 2.83. The van der Waals surface area contributed by atoms with Crippen molar-refractivity contribution >= 4 is 5.97 Å². The number of aliphatic hydroxyl groups excluding tert-OH is 1. The van der Waals surface area contributed by atoms with Gasteiger partial charge in [-0.15, -0.1) is 0 Å². The van der Waals surface area contributed by atoms with Crippen molar-refractivity contribution in [1.29, 1.82) is 0 Å². The van der Waals surface area contributed by atoms with Gasteiger partial charge in [0.25, 0.3) is 0 Å². The third-order valence-corrected chi connectivity index (χ3v) is 0.995. The van der Waals surface area contributed by atoms with E-state index in [0.717, 1.165) is 0 Å².